The molecule has 0 saturated heterocycles. The van der Waals surface area contributed by atoms with Gasteiger partial charge in [0, 0.05) is 38.6 Å². The molecule has 0 spiro atoms. The van der Waals surface area contributed by atoms with Crippen LogP contribution in [0.4, 0.5) is 17.1 Å². The molecule has 0 saturated carbocycles. The molecule has 12 aromatic rings. The highest BCUT2D eigenvalue weighted by molar-refractivity contribution is 6.34. The molecule has 1 aliphatic rings. The molecule has 1 aliphatic carbocycles. The maximum atomic E-state index is 6.42. The van der Waals surface area contributed by atoms with Gasteiger partial charge in [0.1, 0.15) is 11.2 Å². The summed E-state index contributed by atoms with van der Waals surface area (Å²) in [6.45, 7) is 4.72. The van der Waals surface area contributed by atoms with Crippen LogP contribution in [0.5, 0.6) is 0 Å². The van der Waals surface area contributed by atoms with Gasteiger partial charge in [-0.1, -0.05) is 178 Å². The highest BCUT2D eigenvalue weighted by Crippen LogP contribution is 2.51. The Morgan fingerprint density at radius 3 is 1.65 bits per heavy atom. The van der Waals surface area contributed by atoms with Crippen LogP contribution in [0.1, 0.15) is 25.0 Å². The minimum Gasteiger partial charge on any atom is -0.456 e. The van der Waals surface area contributed by atoms with Crippen molar-refractivity contribution < 1.29 is 4.42 Å². The van der Waals surface area contributed by atoms with E-state index in [-0.39, 0.29) is 5.41 Å². The molecule has 1 aromatic heterocycles. The molecule has 0 N–H and O–H groups in total. The second-order valence-electron chi connectivity index (χ2n) is 18.0. The Morgan fingerprint density at radius 2 is 0.846 bits per heavy atom. The Morgan fingerprint density at radius 1 is 0.308 bits per heavy atom. The summed E-state index contributed by atoms with van der Waals surface area (Å²) in [6, 6.07) is 82.2. The molecule has 0 amide bonds. The van der Waals surface area contributed by atoms with Crippen molar-refractivity contribution >= 4 is 71.3 Å². The lowest BCUT2D eigenvalue weighted by atomic mass is 9.82. The van der Waals surface area contributed by atoms with E-state index < -0.39 is 0 Å². The van der Waals surface area contributed by atoms with Gasteiger partial charge < -0.3 is 9.32 Å². The van der Waals surface area contributed by atoms with Gasteiger partial charge in [0.15, 0.2) is 0 Å². The lowest BCUT2D eigenvalue weighted by Gasteiger charge is -2.28. The molecular formula is C63H43NO. The Bertz CT molecular complexity index is 3840. The molecule has 13 rings (SSSR count). The smallest absolute Gasteiger partial charge is 0.136 e. The first-order chi connectivity index (χ1) is 32.0. The van der Waals surface area contributed by atoms with Crippen LogP contribution in [-0.2, 0) is 5.41 Å². The molecule has 11 aromatic carbocycles. The van der Waals surface area contributed by atoms with Crippen molar-refractivity contribution in [3.05, 3.63) is 236 Å². The van der Waals surface area contributed by atoms with Gasteiger partial charge in [-0.25, -0.2) is 0 Å². The van der Waals surface area contributed by atoms with Crippen molar-refractivity contribution in [3.8, 4) is 44.5 Å². The van der Waals surface area contributed by atoms with Crippen molar-refractivity contribution in [2.75, 3.05) is 4.90 Å². The van der Waals surface area contributed by atoms with E-state index >= 15 is 0 Å². The second-order valence-corrected chi connectivity index (χ2v) is 18.0. The first kappa shape index (κ1) is 37.4. The van der Waals surface area contributed by atoms with E-state index in [1.165, 1.54) is 87.8 Å². The number of fused-ring (bicyclic) bond motifs is 13. The molecule has 65 heavy (non-hydrogen) atoms. The van der Waals surface area contributed by atoms with Gasteiger partial charge in [-0.3, -0.25) is 0 Å². The number of nitrogens with zero attached hydrogens (tertiary/aromatic N) is 1. The maximum absolute atomic E-state index is 6.42. The lowest BCUT2D eigenvalue weighted by molar-refractivity contribution is 0.660. The second kappa shape index (κ2) is 14.4. The number of anilines is 3. The molecule has 0 bridgehead atoms. The number of para-hydroxylation sites is 1. The van der Waals surface area contributed by atoms with E-state index in [0.717, 1.165) is 39.2 Å². The van der Waals surface area contributed by atoms with Gasteiger partial charge >= 0.3 is 0 Å². The van der Waals surface area contributed by atoms with Crippen molar-refractivity contribution in [2.24, 2.45) is 0 Å². The molecule has 1 heterocycles. The fourth-order valence-corrected chi connectivity index (χ4v) is 10.8. The van der Waals surface area contributed by atoms with Crippen LogP contribution in [0.15, 0.2) is 229 Å². The van der Waals surface area contributed by atoms with Crippen LogP contribution in [-0.4, -0.2) is 0 Å². The van der Waals surface area contributed by atoms with Crippen LogP contribution in [0.3, 0.4) is 0 Å². The minimum atomic E-state index is -0.127. The third-order valence-electron chi connectivity index (χ3n) is 14.1. The highest BCUT2D eigenvalue weighted by atomic mass is 16.3. The standard InChI is InChI=1S/C63H43NO/c1-63(2)57-21-10-8-18-51(57)52-34-32-48(39-58(52)63)64(46-30-27-43(28-31-46)42-25-23-41(24-26-42)40-13-4-3-5-14-40)47-16-12-15-44(37-47)45-29-33-50-49-17-6-7-19-53(49)61-54(56(50)38-45)35-36-60-62(61)55-20-9-11-22-59(55)65-60/h3-39H,1-2H3. The molecule has 306 valence electrons. The fraction of sp³-hybridized carbons (Fsp3) is 0.0476. The number of hydrogen-bond acceptors (Lipinski definition) is 2. The first-order valence-electron chi connectivity index (χ1n) is 22.6. The summed E-state index contributed by atoms with van der Waals surface area (Å²) in [6.07, 6.45) is 0. The van der Waals surface area contributed by atoms with Gasteiger partial charge in [-0.05, 0) is 143 Å². The van der Waals surface area contributed by atoms with E-state index in [1.54, 1.807) is 0 Å². The summed E-state index contributed by atoms with van der Waals surface area (Å²) < 4.78 is 6.42. The minimum absolute atomic E-state index is 0.127. The largest absolute Gasteiger partial charge is 0.456 e. The number of furan rings is 1. The van der Waals surface area contributed by atoms with Gasteiger partial charge in [-0.2, -0.15) is 0 Å². The Kier molecular flexibility index (Phi) is 8.29. The lowest BCUT2D eigenvalue weighted by Crippen LogP contribution is -2.16. The number of benzene rings is 11. The van der Waals surface area contributed by atoms with Crippen molar-refractivity contribution in [1.29, 1.82) is 0 Å². The van der Waals surface area contributed by atoms with E-state index in [4.69, 9.17) is 4.42 Å². The Hall–Kier alpha value is -8.20. The Labute approximate surface area is 378 Å². The van der Waals surface area contributed by atoms with E-state index in [0.29, 0.717) is 0 Å². The molecule has 0 radical (unpaired) electrons. The Balaban J connectivity index is 0.953. The molecule has 0 aliphatic heterocycles. The predicted molar refractivity (Wildman–Crippen MR) is 275 cm³/mol. The van der Waals surface area contributed by atoms with E-state index in [1.807, 2.05) is 6.07 Å². The topological polar surface area (TPSA) is 16.4 Å². The maximum Gasteiger partial charge on any atom is 0.136 e. The van der Waals surface area contributed by atoms with Crippen LogP contribution in [0.2, 0.25) is 0 Å². The van der Waals surface area contributed by atoms with E-state index in [2.05, 4.69) is 237 Å². The first-order valence-corrected chi connectivity index (χ1v) is 22.6. The average Bonchev–Trinajstić information content (AvgIpc) is 3.86. The third-order valence-corrected chi connectivity index (χ3v) is 14.1. The van der Waals surface area contributed by atoms with Gasteiger partial charge in [0.25, 0.3) is 0 Å². The average molecular weight is 830 g/mol. The van der Waals surface area contributed by atoms with Crippen LogP contribution in [0.25, 0.3) is 98.8 Å². The molecule has 0 atom stereocenters. The molecule has 2 heteroatoms. The molecule has 0 unspecified atom stereocenters. The number of rotatable bonds is 6. The molecular weight excluding hydrogens is 787 g/mol. The zero-order chi connectivity index (χ0) is 43.2. The monoisotopic (exact) mass is 829 g/mol. The zero-order valence-electron chi connectivity index (χ0n) is 36.2. The van der Waals surface area contributed by atoms with Crippen LogP contribution in [0, 0.1) is 0 Å². The number of hydrogen-bond donors (Lipinski definition) is 0. The zero-order valence-corrected chi connectivity index (χ0v) is 36.2. The van der Waals surface area contributed by atoms with Gasteiger partial charge in [0.2, 0.25) is 0 Å². The fourth-order valence-electron chi connectivity index (χ4n) is 10.8. The molecule has 2 nitrogen and oxygen atoms in total. The summed E-state index contributed by atoms with van der Waals surface area (Å²) in [5.41, 5.74) is 17.6. The molecule has 0 fully saturated rings. The highest BCUT2D eigenvalue weighted by Gasteiger charge is 2.35. The normalized spacial score (nSPS) is 12.9. The summed E-state index contributed by atoms with van der Waals surface area (Å²) in [5.74, 6) is 0. The predicted octanol–water partition coefficient (Wildman–Crippen LogP) is 17.8. The van der Waals surface area contributed by atoms with Crippen molar-refractivity contribution in [3.63, 3.8) is 0 Å². The summed E-state index contributed by atoms with van der Waals surface area (Å²) >= 11 is 0. The van der Waals surface area contributed by atoms with Gasteiger partial charge in [-0.15, -0.1) is 0 Å². The van der Waals surface area contributed by atoms with Crippen molar-refractivity contribution in [2.45, 2.75) is 19.3 Å². The third kappa shape index (κ3) is 5.88. The summed E-state index contributed by atoms with van der Waals surface area (Å²) in [5, 5.41) is 9.77. The van der Waals surface area contributed by atoms with E-state index in [9.17, 15) is 0 Å². The van der Waals surface area contributed by atoms with Gasteiger partial charge in [0.05, 0.1) is 0 Å². The summed E-state index contributed by atoms with van der Waals surface area (Å²) in [7, 11) is 0. The van der Waals surface area contributed by atoms with Crippen LogP contribution < -0.4 is 4.90 Å². The quantitative estimate of drug-likeness (QED) is 0.155. The summed E-state index contributed by atoms with van der Waals surface area (Å²) in [4.78, 5) is 2.43. The van der Waals surface area contributed by atoms with Crippen molar-refractivity contribution in [1.82, 2.24) is 0 Å². The SMILES string of the molecule is CC1(C)c2ccccc2-c2ccc(N(c3ccc(-c4ccc(-c5ccccc5)cc4)cc3)c3cccc(-c4ccc5c6ccccc6c6c(ccc7oc8ccccc8c76)c5c4)c3)cc21. The van der Waals surface area contributed by atoms with Crippen LogP contribution >= 0.6 is 0 Å².